The minimum Gasteiger partial charge on any atom is -0.497 e. The Morgan fingerprint density at radius 1 is 1.22 bits per heavy atom. The fourth-order valence-corrected chi connectivity index (χ4v) is 5.34. The van der Waals surface area contributed by atoms with Crippen LogP contribution in [0.3, 0.4) is 0 Å². The topological polar surface area (TPSA) is 78.8 Å². The number of aliphatic hydroxyl groups is 1. The Morgan fingerprint density at radius 3 is 2.78 bits per heavy atom. The number of carbonyl (C=O) groups excluding carboxylic acids is 1. The molecular weight excluding hydrogens is 472 g/mol. The average molecular weight is 503 g/mol. The molecule has 1 amide bonds. The molecule has 1 N–H and O–H groups in total. The molecular formula is C28H30N4O3S. The largest absolute Gasteiger partial charge is 0.497 e. The van der Waals surface area contributed by atoms with Crippen LogP contribution in [0.1, 0.15) is 39.2 Å². The highest BCUT2D eigenvalue weighted by atomic mass is 32.1. The van der Waals surface area contributed by atoms with E-state index in [1.54, 1.807) is 18.8 Å². The molecule has 0 aliphatic carbocycles. The maximum Gasteiger partial charge on any atom is 0.266 e. The van der Waals surface area contributed by atoms with Crippen molar-refractivity contribution in [3.05, 3.63) is 81.8 Å². The number of β-amino-alcohol motifs (C(OH)–C–C–N with tert-alkyl or cyclic N) is 1. The Bertz CT molecular complexity index is 1340. The Kier molecular flexibility index (Phi) is 7.16. The van der Waals surface area contributed by atoms with Crippen molar-refractivity contribution < 1.29 is 14.6 Å². The first kappa shape index (κ1) is 24.2. The summed E-state index contributed by atoms with van der Waals surface area (Å²) in [5.74, 6) is 1.55. The predicted molar refractivity (Wildman–Crippen MR) is 143 cm³/mol. The van der Waals surface area contributed by atoms with Gasteiger partial charge < -0.3 is 19.6 Å². The number of nitrogens with zero attached hydrogens (tertiary/aromatic N) is 4. The number of hydrogen-bond donors (Lipinski definition) is 1. The number of anilines is 1. The van der Waals surface area contributed by atoms with E-state index in [-0.39, 0.29) is 12.0 Å². The highest BCUT2D eigenvalue weighted by Crippen LogP contribution is 2.30. The highest BCUT2D eigenvalue weighted by Gasteiger charge is 2.25. The van der Waals surface area contributed by atoms with Gasteiger partial charge in [0, 0.05) is 30.6 Å². The van der Waals surface area contributed by atoms with Crippen LogP contribution in [0.4, 0.5) is 5.82 Å². The van der Waals surface area contributed by atoms with E-state index >= 15 is 0 Å². The van der Waals surface area contributed by atoms with Gasteiger partial charge in [-0.3, -0.25) is 9.78 Å². The maximum atomic E-state index is 13.6. The SMILES string of the molecule is COc1ccc(CN(Cc2cc3cccc(C)c3nc2N2CCCC(O)C2)C(=O)c2cncs2)cc1. The van der Waals surface area contributed by atoms with Gasteiger partial charge in [-0.15, -0.1) is 11.3 Å². The van der Waals surface area contributed by atoms with Crippen LogP contribution in [0.25, 0.3) is 10.9 Å². The number of amides is 1. The van der Waals surface area contributed by atoms with Gasteiger partial charge >= 0.3 is 0 Å². The van der Waals surface area contributed by atoms with Crippen LogP contribution in [0.5, 0.6) is 5.75 Å². The van der Waals surface area contributed by atoms with E-state index in [9.17, 15) is 9.90 Å². The van der Waals surface area contributed by atoms with Crippen molar-refractivity contribution in [1.82, 2.24) is 14.9 Å². The van der Waals surface area contributed by atoms with Crippen molar-refractivity contribution in [2.75, 3.05) is 25.1 Å². The first-order valence-electron chi connectivity index (χ1n) is 12.1. The summed E-state index contributed by atoms with van der Waals surface area (Å²) in [4.78, 5) is 27.4. The van der Waals surface area contributed by atoms with Gasteiger partial charge in [-0.2, -0.15) is 0 Å². The summed E-state index contributed by atoms with van der Waals surface area (Å²) in [6.07, 6.45) is 2.95. The normalized spacial score (nSPS) is 15.8. The van der Waals surface area contributed by atoms with E-state index in [2.05, 4.69) is 35.0 Å². The van der Waals surface area contributed by atoms with E-state index in [1.807, 2.05) is 35.2 Å². The number of carbonyl (C=O) groups is 1. The van der Waals surface area contributed by atoms with Gasteiger partial charge in [0.15, 0.2) is 0 Å². The number of rotatable bonds is 7. The summed E-state index contributed by atoms with van der Waals surface area (Å²) in [6, 6.07) is 16.1. The van der Waals surface area contributed by atoms with Gasteiger partial charge in [-0.1, -0.05) is 30.3 Å². The van der Waals surface area contributed by atoms with Crippen LogP contribution in [-0.2, 0) is 13.1 Å². The molecule has 3 heterocycles. The molecule has 4 aromatic rings. The van der Waals surface area contributed by atoms with Crippen LogP contribution in [0, 0.1) is 6.92 Å². The van der Waals surface area contributed by atoms with Crippen molar-refractivity contribution in [1.29, 1.82) is 0 Å². The number of thiazole rings is 1. The zero-order valence-electron chi connectivity index (χ0n) is 20.6. The minimum atomic E-state index is -0.379. The summed E-state index contributed by atoms with van der Waals surface area (Å²) in [7, 11) is 1.64. The van der Waals surface area contributed by atoms with Gasteiger partial charge in [-0.25, -0.2) is 4.98 Å². The molecule has 1 fully saturated rings. The molecule has 0 saturated carbocycles. The van der Waals surface area contributed by atoms with Crippen LogP contribution < -0.4 is 9.64 Å². The average Bonchev–Trinajstić information content (AvgIpc) is 3.43. The molecule has 186 valence electrons. The first-order valence-corrected chi connectivity index (χ1v) is 13.0. The Balaban J connectivity index is 1.55. The van der Waals surface area contributed by atoms with E-state index in [1.165, 1.54) is 11.3 Å². The third-order valence-corrected chi connectivity index (χ3v) is 7.38. The van der Waals surface area contributed by atoms with Crippen LogP contribution in [0.2, 0.25) is 0 Å². The predicted octanol–water partition coefficient (Wildman–Crippen LogP) is 4.81. The van der Waals surface area contributed by atoms with E-state index in [4.69, 9.17) is 9.72 Å². The Morgan fingerprint density at radius 2 is 2.06 bits per heavy atom. The number of para-hydroxylation sites is 1. The third kappa shape index (κ3) is 5.20. The van der Waals surface area contributed by atoms with Crippen LogP contribution in [0.15, 0.2) is 60.2 Å². The number of hydrogen-bond acceptors (Lipinski definition) is 7. The zero-order valence-corrected chi connectivity index (χ0v) is 21.4. The fourth-order valence-electron chi connectivity index (χ4n) is 4.75. The van der Waals surface area contributed by atoms with E-state index in [0.717, 1.165) is 58.5 Å². The second-order valence-corrected chi connectivity index (χ2v) is 10.1. The molecule has 0 bridgehead atoms. The molecule has 7 nitrogen and oxygen atoms in total. The molecule has 1 atom stereocenters. The number of benzene rings is 2. The number of ether oxygens (including phenoxy) is 1. The van der Waals surface area contributed by atoms with E-state index in [0.29, 0.717) is 24.5 Å². The number of methoxy groups -OCH3 is 1. The third-order valence-electron chi connectivity index (χ3n) is 6.62. The molecule has 2 aromatic carbocycles. The summed E-state index contributed by atoms with van der Waals surface area (Å²) in [5.41, 5.74) is 5.71. The molecule has 8 heteroatoms. The van der Waals surface area contributed by atoms with Crippen molar-refractivity contribution >= 4 is 34.0 Å². The number of fused-ring (bicyclic) bond motifs is 1. The standard InChI is InChI=1S/C28H30N4O3S/c1-19-5-3-6-21-13-22(27(30-26(19)21)31-12-4-7-23(33)17-31)16-32(28(34)25-14-29-18-36-25)15-20-8-10-24(35-2)11-9-20/h3,5-6,8-11,13-14,18,23,33H,4,7,12,15-17H2,1-2H3. The van der Waals surface area contributed by atoms with Crippen LogP contribution in [-0.4, -0.2) is 52.2 Å². The summed E-state index contributed by atoms with van der Waals surface area (Å²) in [5, 5.41) is 11.4. The van der Waals surface area contributed by atoms with Crippen molar-refractivity contribution in [2.45, 2.75) is 39.0 Å². The van der Waals surface area contributed by atoms with Crippen molar-refractivity contribution in [3.8, 4) is 5.75 Å². The van der Waals surface area contributed by atoms with Gasteiger partial charge in [0.2, 0.25) is 0 Å². The molecule has 5 rings (SSSR count). The lowest BCUT2D eigenvalue weighted by atomic mass is 10.0. The number of piperidine rings is 1. The summed E-state index contributed by atoms with van der Waals surface area (Å²) < 4.78 is 5.30. The quantitative estimate of drug-likeness (QED) is 0.391. The first-order chi connectivity index (χ1) is 17.5. The summed E-state index contributed by atoms with van der Waals surface area (Å²) >= 11 is 1.34. The number of pyridine rings is 1. The zero-order chi connectivity index (χ0) is 25.1. The smallest absolute Gasteiger partial charge is 0.266 e. The lowest BCUT2D eigenvalue weighted by Gasteiger charge is -2.33. The Hall–Kier alpha value is -3.49. The highest BCUT2D eigenvalue weighted by molar-refractivity contribution is 7.11. The Labute approximate surface area is 215 Å². The van der Waals surface area contributed by atoms with Crippen LogP contribution >= 0.6 is 11.3 Å². The lowest BCUT2D eigenvalue weighted by Crippen LogP contribution is -2.40. The molecule has 0 spiro atoms. The number of aromatic nitrogens is 2. The van der Waals surface area contributed by atoms with Crippen molar-refractivity contribution in [3.63, 3.8) is 0 Å². The molecule has 36 heavy (non-hydrogen) atoms. The molecule has 2 aromatic heterocycles. The lowest BCUT2D eigenvalue weighted by molar-refractivity contribution is 0.0734. The minimum absolute atomic E-state index is 0.0673. The second-order valence-electron chi connectivity index (χ2n) is 9.23. The second kappa shape index (κ2) is 10.6. The monoisotopic (exact) mass is 502 g/mol. The van der Waals surface area contributed by atoms with Gasteiger partial charge in [0.1, 0.15) is 16.4 Å². The molecule has 1 saturated heterocycles. The fraction of sp³-hybridized carbons (Fsp3) is 0.321. The molecule has 1 unspecified atom stereocenters. The molecule has 1 aliphatic heterocycles. The number of aliphatic hydroxyl groups excluding tert-OH is 1. The van der Waals surface area contributed by atoms with E-state index < -0.39 is 0 Å². The summed E-state index contributed by atoms with van der Waals surface area (Å²) in [6.45, 7) is 4.26. The number of aryl methyl sites for hydroxylation is 1. The van der Waals surface area contributed by atoms with Gasteiger partial charge in [0.05, 0.1) is 37.0 Å². The van der Waals surface area contributed by atoms with Gasteiger partial charge in [0.25, 0.3) is 5.91 Å². The molecule has 0 radical (unpaired) electrons. The molecule has 1 aliphatic rings. The maximum absolute atomic E-state index is 13.6. The van der Waals surface area contributed by atoms with Gasteiger partial charge in [-0.05, 0) is 49.1 Å². The van der Waals surface area contributed by atoms with Crippen molar-refractivity contribution in [2.24, 2.45) is 0 Å².